The average molecular weight is 212 g/mol. The first-order chi connectivity index (χ1) is 7.72. The number of hydrogen-bond acceptors (Lipinski definition) is 0. The molecule has 0 heteroatoms. The highest BCUT2D eigenvalue weighted by molar-refractivity contribution is 5.85. The van der Waals surface area contributed by atoms with Crippen molar-refractivity contribution in [2.75, 3.05) is 0 Å². The summed E-state index contributed by atoms with van der Waals surface area (Å²) in [5, 5.41) is 2.58. The second kappa shape index (κ2) is 6.12. The zero-order valence-corrected chi connectivity index (χ0v) is 10.5. The van der Waals surface area contributed by atoms with E-state index in [-0.39, 0.29) is 0 Å². The molecule has 2 rings (SSSR count). The molecule has 0 bridgehead atoms. The Hall–Kier alpha value is -1.56. The van der Waals surface area contributed by atoms with Crippen molar-refractivity contribution in [2.45, 2.75) is 27.2 Å². The first-order valence-electron chi connectivity index (χ1n) is 5.84. The number of hydrogen-bond donors (Lipinski definition) is 0. The minimum absolute atomic E-state index is 1.22. The average Bonchev–Trinajstić information content (AvgIpc) is 2.29. The standard InChI is InChI=1S/C13H12.C3H8/c1-3-11-9-13-7-5-4-6-12(13)8-10(11)2;1-3-2/h3-9H,1H2,2H3;3H2,1-2H3. The van der Waals surface area contributed by atoms with Crippen molar-refractivity contribution >= 4 is 16.8 Å². The summed E-state index contributed by atoms with van der Waals surface area (Å²) in [6, 6.07) is 12.8. The Morgan fingerprint density at radius 2 is 1.56 bits per heavy atom. The first-order valence-corrected chi connectivity index (χ1v) is 5.84. The summed E-state index contributed by atoms with van der Waals surface area (Å²) in [5.74, 6) is 0. The van der Waals surface area contributed by atoms with E-state index in [1.54, 1.807) is 0 Å². The van der Waals surface area contributed by atoms with Crippen LogP contribution in [0.4, 0.5) is 0 Å². The molecule has 0 aromatic heterocycles. The Morgan fingerprint density at radius 1 is 1.06 bits per heavy atom. The van der Waals surface area contributed by atoms with Gasteiger partial charge in [-0.1, -0.05) is 63.3 Å². The molecule has 16 heavy (non-hydrogen) atoms. The fourth-order valence-corrected chi connectivity index (χ4v) is 1.59. The van der Waals surface area contributed by atoms with E-state index in [2.05, 4.69) is 63.7 Å². The summed E-state index contributed by atoms with van der Waals surface area (Å²) in [6.07, 6.45) is 3.15. The Labute approximate surface area is 98.6 Å². The number of benzene rings is 2. The van der Waals surface area contributed by atoms with Crippen LogP contribution in [0.3, 0.4) is 0 Å². The monoisotopic (exact) mass is 212 g/mol. The molecule has 0 fully saturated rings. The molecule has 2 aromatic carbocycles. The van der Waals surface area contributed by atoms with Crippen LogP contribution in [-0.4, -0.2) is 0 Å². The van der Waals surface area contributed by atoms with Gasteiger partial charge in [0.25, 0.3) is 0 Å². The normalized spacial score (nSPS) is 9.44. The van der Waals surface area contributed by atoms with Gasteiger partial charge in [-0.05, 0) is 34.9 Å². The fourth-order valence-electron chi connectivity index (χ4n) is 1.59. The Kier molecular flexibility index (Phi) is 4.78. The Morgan fingerprint density at radius 3 is 2.06 bits per heavy atom. The van der Waals surface area contributed by atoms with Gasteiger partial charge < -0.3 is 0 Å². The minimum atomic E-state index is 1.22. The van der Waals surface area contributed by atoms with Gasteiger partial charge in [-0.2, -0.15) is 0 Å². The summed E-state index contributed by atoms with van der Waals surface area (Å²) in [5.41, 5.74) is 2.51. The van der Waals surface area contributed by atoms with Crippen molar-refractivity contribution in [3.05, 3.63) is 54.1 Å². The van der Waals surface area contributed by atoms with Gasteiger partial charge in [0.15, 0.2) is 0 Å². The van der Waals surface area contributed by atoms with E-state index >= 15 is 0 Å². The molecule has 0 atom stereocenters. The quantitative estimate of drug-likeness (QED) is 0.609. The maximum atomic E-state index is 3.80. The van der Waals surface area contributed by atoms with Gasteiger partial charge in [0.1, 0.15) is 0 Å². The van der Waals surface area contributed by atoms with E-state index in [4.69, 9.17) is 0 Å². The smallest absolute Gasteiger partial charge is 0.0178 e. The lowest BCUT2D eigenvalue weighted by atomic mass is 10.0. The third kappa shape index (κ3) is 2.96. The third-order valence-electron chi connectivity index (χ3n) is 2.35. The van der Waals surface area contributed by atoms with Gasteiger partial charge in [-0.25, -0.2) is 0 Å². The molecule has 2 aromatic rings. The lowest BCUT2D eigenvalue weighted by Gasteiger charge is -2.03. The van der Waals surface area contributed by atoms with Crippen LogP contribution in [0.1, 0.15) is 31.4 Å². The van der Waals surface area contributed by atoms with E-state index in [0.717, 1.165) is 0 Å². The summed E-state index contributed by atoms with van der Waals surface area (Å²) in [6.45, 7) is 10.2. The van der Waals surface area contributed by atoms with Gasteiger partial charge in [0, 0.05) is 0 Å². The van der Waals surface area contributed by atoms with Crippen LogP contribution < -0.4 is 0 Å². The van der Waals surface area contributed by atoms with Crippen LogP contribution >= 0.6 is 0 Å². The van der Waals surface area contributed by atoms with Crippen molar-refractivity contribution in [3.8, 4) is 0 Å². The molecule has 0 aliphatic carbocycles. The van der Waals surface area contributed by atoms with Crippen molar-refractivity contribution < 1.29 is 0 Å². The molecule has 0 radical (unpaired) electrons. The molecule has 0 heterocycles. The predicted octanol–water partition coefficient (Wildman–Crippen LogP) is 5.21. The highest BCUT2D eigenvalue weighted by Gasteiger charge is 1.96. The molecule has 0 aliphatic heterocycles. The fraction of sp³-hybridized carbons (Fsp3) is 0.250. The van der Waals surface area contributed by atoms with Crippen LogP contribution in [-0.2, 0) is 0 Å². The lowest BCUT2D eigenvalue weighted by Crippen LogP contribution is -1.81. The summed E-state index contributed by atoms with van der Waals surface area (Å²) in [7, 11) is 0. The molecule has 84 valence electrons. The molecular formula is C16H20. The third-order valence-corrected chi connectivity index (χ3v) is 2.35. The van der Waals surface area contributed by atoms with Crippen molar-refractivity contribution in [1.29, 1.82) is 0 Å². The van der Waals surface area contributed by atoms with Gasteiger partial charge in [0.2, 0.25) is 0 Å². The minimum Gasteiger partial charge on any atom is -0.0985 e. The van der Waals surface area contributed by atoms with Crippen LogP contribution in [0.2, 0.25) is 0 Å². The molecule has 0 aliphatic rings. The predicted molar refractivity (Wildman–Crippen MR) is 74.7 cm³/mol. The second-order valence-electron chi connectivity index (χ2n) is 3.97. The summed E-state index contributed by atoms with van der Waals surface area (Å²) < 4.78 is 0. The largest absolute Gasteiger partial charge is 0.0985 e. The highest BCUT2D eigenvalue weighted by atomic mass is 14.0. The van der Waals surface area contributed by atoms with Gasteiger partial charge in [-0.15, -0.1) is 0 Å². The van der Waals surface area contributed by atoms with Gasteiger partial charge in [0.05, 0.1) is 0 Å². The van der Waals surface area contributed by atoms with Crippen LogP contribution in [0, 0.1) is 6.92 Å². The molecular weight excluding hydrogens is 192 g/mol. The van der Waals surface area contributed by atoms with E-state index < -0.39 is 0 Å². The van der Waals surface area contributed by atoms with E-state index in [1.807, 2.05) is 6.08 Å². The molecule has 0 unspecified atom stereocenters. The highest BCUT2D eigenvalue weighted by Crippen LogP contribution is 2.19. The summed E-state index contributed by atoms with van der Waals surface area (Å²) >= 11 is 0. The lowest BCUT2D eigenvalue weighted by molar-refractivity contribution is 1.09. The number of aryl methyl sites for hydroxylation is 1. The van der Waals surface area contributed by atoms with Crippen LogP contribution in [0.5, 0.6) is 0 Å². The van der Waals surface area contributed by atoms with Gasteiger partial charge >= 0.3 is 0 Å². The van der Waals surface area contributed by atoms with E-state index in [9.17, 15) is 0 Å². The molecule has 0 N–H and O–H groups in total. The molecule has 0 saturated heterocycles. The Balaban J connectivity index is 0.000000386. The molecule has 0 nitrogen and oxygen atoms in total. The van der Waals surface area contributed by atoms with Crippen molar-refractivity contribution in [2.24, 2.45) is 0 Å². The Bertz CT molecular complexity index is 466. The number of fused-ring (bicyclic) bond motifs is 1. The van der Waals surface area contributed by atoms with Gasteiger partial charge in [-0.3, -0.25) is 0 Å². The van der Waals surface area contributed by atoms with Crippen molar-refractivity contribution in [1.82, 2.24) is 0 Å². The summed E-state index contributed by atoms with van der Waals surface area (Å²) in [4.78, 5) is 0. The molecule has 0 saturated carbocycles. The topological polar surface area (TPSA) is 0 Å². The van der Waals surface area contributed by atoms with Crippen LogP contribution in [0.15, 0.2) is 43.0 Å². The zero-order valence-electron chi connectivity index (χ0n) is 10.5. The maximum Gasteiger partial charge on any atom is -0.0178 e. The van der Waals surface area contributed by atoms with Crippen molar-refractivity contribution in [3.63, 3.8) is 0 Å². The number of rotatable bonds is 1. The zero-order chi connectivity index (χ0) is 12.0. The van der Waals surface area contributed by atoms with Crippen LogP contribution in [0.25, 0.3) is 16.8 Å². The van der Waals surface area contributed by atoms with E-state index in [1.165, 1.54) is 28.3 Å². The maximum absolute atomic E-state index is 3.80. The first kappa shape index (κ1) is 12.5. The SMILES string of the molecule is C=Cc1cc2ccccc2cc1C.CCC. The second-order valence-corrected chi connectivity index (χ2v) is 3.97. The van der Waals surface area contributed by atoms with E-state index in [0.29, 0.717) is 0 Å². The molecule has 0 spiro atoms. The molecule has 0 amide bonds.